The maximum atomic E-state index is 12.7. The van der Waals surface area contributed by atoms with Gasteiger partial charge in [-0.25, -0.2) is 0 Å². The van der Waals surface area contributed by atoms with Crippen LogP contribution < -0.4 is 15.4 Å². The van der Waals surface area contributed by atoms with Crippen LogP contribution in [0.15, 0.2) is 36.5 Å². The zero-order chi connectivity index (χ0) is 19.4. The summed E-state index contributed by atoms with van der Waals surface area (Å²) < 4.78 is 7.44. The highest BCUT2D eigenvalue weighted by Gasteiger charge is 2.29. The average Bonchev–Trinajstić information content (AvgIpc) is 3.23. The molecular weight excluding hydrogens is 344 g/mol. The standard InChI is InChI=1S/C20H26N4O3/c1-14(25)21-15-8-9-19(27-3)16(12-15)22-20(26)13-24-11-5-7-18(24)17-6-4-10-23(17)2/h4,6,8-10,12,18H,5,7,11,13H2,1-3H3,(H,21,25)(H,22,26). The molecule has 2 heterocycles. The van der Waals surface area contributed by atoms with Crippen molar-refractivity contribution in [2.45, 2.75) is 25.8 Å². The van der Waals surface area contributed by atoms with Gasteiger partial charge < -0.3 is 19.9 Å². The number of carbonyl (C=O) groups excluding carboxylic acids is 2. The Morgan fingerprint density at radius 2 is 2.07 bits per heavy atom. The highest BCUT2D eigenvalue weighted by atomic mass is 16.5. The summed E-state index contributed by atoms with van der Waals surface area (Å²) in [6, 6.07) is 9.57. The Kier molecular flexibility index (Phi) is 5.81. The van der Waals surface area contributed by atoms with E-state index in [1.165, 1.54) is 12.6 Å². The van der Waals surface area contributed by atoms with Crippen molar-refractivity contribution in [3.8, 4) is 5.75 Å². The van der Waals surface area contributed by atoms with E-state index in [2.05, 4.69) is 26.2 Å². The first kappa shape index (κ1) is 19.0. The molecule has 1 aliphatic rings. The molecule has 1 unspecified atom stereocenters. The van der Waals surface area contributed by atoms with Gasteiger partial charge in [-0.1, -0.05) is 0 Å². The van der Waals surface area contributed by atoms with Gasteiger partial charge in [0.2, 0.25) is 11.8 Å². The van der Waals surface area contributed by atoms with E-state index in [9.17, 15) is 9.59 Å². The van der Waals surface area contributed by atoms with E-state index in [0.717, 1.165) is 19.4 Å². The van der Waals surface area contributed by atoms with Gasteiger partial charge in [0, 0.05) is 31.5 Å². The summed E-state index contributed by atoms with van der Waals surface area (Å²) in [6.45, 7) is 2.65. The maximum Gasteiger partial charge on any atom is 0.238 e. The molecule has 1 atom stereocenters. The van der Waals surface area contributed by atoms with Gasteiger partial charge in [0.25, 0.3) is 0 Å². The molecule has 1 saturated heterocycles. The lowest BCUT2D eigenvalue weighted by Gasteiger charge is -2.24. The summed E-state index contributed by atoms with van der Waals surface area (Å²) in [6.07, 6.45) is 4.15. The van der Waals surface area contributed by atoms with Gasteiger partial charge >= 0.3 is 0 Å². The van der Waals surface area contributed by atoms with Crippen molar-refractivity contribution in [1.82, 2.24) is 9.47 Å². The van der Waals surface area contributed by atoms with Gasteiger partial charge in [-0.15, -0.1) is 0 Å². The third-order valence-electron chi connectivity index (χ3n) is 4.83. The molecule has 7 nitrogen and oxygen atoms in total. The normalized spacial score (nSPS) is 16.9. The summed E-state index contributed by atoms with van der Waals surface area (Å²) in [5, 5.41) is 5.63. The van der Waals surface area contributed by atoms with Crippen LogP contribution in [-0.4, -0.2) is 41.5 Å². The fourth-order valence-electron chi connectivity index (χ4n) is 3.63. The number of nitrogens with zero attached hydrogens (tertiary/aromatic N) is 2. The highest BCUT2D eigenvalue weighted by Crippen LogP contribution is 2.32. The van der Waals surface area contributed by atoms with Crippen molar-refractivity contribution >= 4 is 23.2 Å². The van der Waals surface area contributed by atoms with E-state index < -0.39 is 0 Å². The van der Waals surface area contributed by atoms with E-state index in [-0.39, 0.29) is 17.9 Å². The largest absolute Gasteiger partial charge is 0.495 e. The Bertz CT molecular complexity index is 830. The van der Waals surface area contributed by atoms with Crippen molar-refractivity contribution in [2.24, 2.45) is 7.05 Å². The van der Waals surface area contributed by atoms with E-state index in [1.807, 2.05) is 19.3 Å². The number of amides is 2. The van der Waals surface area contributed by atoms with E-state index in [4.69, 9.17) is 4.74 Å². The molecule has 7 heteroatoms. The molecule has 2 amide bonds. The number of carbonyl (C=O) groups is 2. The van der Waals surface area contributed by atoms with Crippen LogP contribution in [0.3, 0.4) is 0 Å². The number of likely N-dealkylation sites (tertiary alicyclic amines) is 1. The number of methoxy groups -OCH3 is 1. The Morgan fingerprint density at radius 3 is 2.74 bits per heavy atom. The van der Waals surface area contributed by atoms with E-state index in [0.29, 0.717) is 23.7 Å². The van der Waals surface area contributed by atoms with Crippen LogP contribution in [-0.2, 0) is 16.6 Å². The van der Waals surface area contributed by atoms with Gasteiger partial charge in [0.15, 0.2) is 0 Å². The first-order valence-electron chi connectivity index (χ1n) is 9.08. The fourth-order valence-corrected chi connectivity index (χ4v) is 3.63. The lowest BCUT2D eigenvalue weighted by atomic mass is 10.1. The molecule has 1 aromatic carbocycles. The molecule has 144 valence electrons. The molecule has 0 aliphatic carbocycles. The summed E-state index contributed by atoms with van der Waals surface area (Å²) in [5.41, 5.74) is 2.38. The summed E-state index contributed by atoms with van der Waals surface area (Å²) in [7, 11) is 3.58. The third-order valence-corrected chi connectivity index (χ3v) is 4.83. The van der Waals surface area contributed by atoms with Gasteiger partial charge in [-0.2, -0.15) is 0 Å². The second-order valence-electron chi connectivity index (χ2n) is 6.82. The number of hydrogen-bond acceptors (Lipinski definition) is 4. The van der Waals surface area contributed by atoms with Crippen LogP contribution in [0.4, 0.5) is 11.4 Å². The van der Waals surface area contributed by atoms with Crippen LogP contribution in [0.2, 0.25) is 0 Å². The number of benzene rings is 1. The SMILES string of the molecule is COc1ccc(NC(C)=O)cc1NC(=O)CN1CCCC1c1cccn1C. The second kappa shape index (κ2) is 8.26. The molecule has 1 aromatic heterocycles. The Hall–Kier alpha value is -2.80. The first-order chi connectivity index (χ1) is 13.0. The smallest absolute Gasteiger partial charge is 0.238 e. The maximum absolute atomic E-state index is 12.7. The van der Waals surface area contributed by atoms with Gasteiger partial charge in [0.05, 0.1) is 25.4 Å². The zero-order valence-corrected chi connectivity index (χ0v) is 16.0. The molecule has 2 aromatic rings. The van der Waals surface area contributed by atoms with Gasteiger partial charge in [0.1, 0.15) is 5.75 Å². The lowest BCUT2D eigenvalue weighted by molar-refractivity contribution is -0.117. The van der Waals surface area contributed by atoms with Crippen molar-refractivity contribution in [3.63, 3.8) is 0 Å². The molecule has 0 spiro atoms. The molecular formula is C20H26N4O3. The van der Waals surface area contributed by atoms with Crippen LogP contribution in [0.25, 0.3) is 0 Å². The molecule has 3 rings (SSSR count). The lowest BCUT2D eigenvalue weighted by Crippen LogP contribution is -2.33. The predicted octanol–water partition coefficient (Wildman–Crippen LogP) is 2.77. The Morgan fingerprint density at radius 1 is 1.26 bits per heavy atom. The van der Waals surface area contributed by atoms with E-state index in [1.54, 1.807) is 25.3 Å². The van der Waals surface area contributed by atoms with Crippen LogP contribution >= 0.6 is 0 Å². The second-order valence-corrected chi connectivity index (χ2v) is 6.82. The molecule has 1 fully saturated rings. The zero-order valence-electron chi connectivity index (χ0n) is 16.0. The molecule has 1 aliphatic heterocycles. The predicted molar refractivity (Wildman–Crippen MR) is 105 cm³/mol. The number of aryl methyl sites for hydroxylation is 1. The Labute approximate surface area is 159 Å². The number of nitrogens with one attached hydrogen (secondary N) is 2. The summed E-state index contributed by atoms with van der Waals surface area (Å²) >= 11 is 0. The number of rotatable bonds is 6. The minimum absolute atomic E-state index is 0.102. The van der Waals surface area contributed by atoms with Crippen molar-refractivity contribution < 1.29 is 14.3 Å². The number of anilines is 2. The van der Waals surface area contributed by atoms with Crippen LogP contribution in [0.1, 0.15) is 31.5 Å². The Balaban J connectivity index is 1.70. The molecule has 2 N–H and O–H groups in total. The number of aromatic nitrogens is 1. The third kappa shape index (κ3) is 4.49. The quantitative estimate of drug-likeness (QED) is 0.820. The van der Waals surface area contributed by atoms with Crippen molar-refractivity contribution in [2.75, 3.05) is 30.8 Å². The van der Waals surface area contributed by atoms with Crippen LogP contribution in [0.5, 0.6) is 5.75 Å². The summed E-state index contributed by atoms with van der Waals surface area (Å²) in [4.78, 5) is 26.1. The highest BCUT2D eigenvalue weighted by molar-refractivity contribution is 5.95. The average molecular weight is 370 g/mol. The monoisotopic (exact) mass is 370 g/mol. The van der Waals surface area contributed by atoms with Gasteiger partial charge in [-0.05, 0) is 49.7 Å². The van der Waals surface area contributed by atoms with E-state index >= 15 is 0 Å². The van der Waals surface area contributed by atoms with Crippen molar-refractivity contribution in [1.29, 1.82) is 0 Å². The summed E-state index contributed by atoms with van der Waals surface area (Å²) in [5.74, 6) is 0.284. The molecule has 0 bridgehead atoms. The van der Waals surface area contributed by atoms with Crippen molar-refractivity contribution in [3.05, 3.63) is 42.2 Å². The minimum Gasteiger partial charge on any atom is -0.495 e. The van der Waals surface area contributed by atoms with Gasteiger partial charge in [-0.3, -0.25) is 14.5 Å². The minimum atomic E-state index is -0.167. The number of hydrogen-bond donors (Lipinski definition) is 2. The molecule has 0 saturated carbocycles. The molecule has 0 radical (unpaired) electrons. The number of ether oxygens (including phenoxy) is 1. The topological polar surface area (TPSA) is 75.6 Å². The first-order valence-corrected chi connectivity index (χ1v) is 9.08. The molecule has 27 heavy (non-hydrogen) atoms. The fraction of sp³-hybridized carbons (Fsp3) is 0.400. The van der Waals surface area contributed by atoms with Crippen LogP contribution in [0, 0.1) is 0 Å².